The number of carbonyl (C=O) groups excluding carboxylic acids is 1. The Morgan fingerprint density at radius 1 is 1.41 bits per heavy atom. The van der Waals surface area contributed by atoms with Crippen LogP contribution in [-0.4, -0.2) is 24.1 Å². The zero-order chi connectivity index (χ0) is 12.5. The van der Waals surface area contributed by atoms with E-state index in [2.05, 4.69) is 12.2 Å². The topological polar surface area (TPSA) is 29.1 Å². The van der Waals surface area contributed by atoms with Crippen molar-refractivity contribution in [1.29, 1.82) is 0 Å². The van der Waals surface area contributed by atoms with Gasteiger partial charge in [0.15, 0.2) is 0 Å². The minimum Gasteiger partial charge on any atom is -0.355 e. The van der Waals surface area contributed by atoms with Crippen molar-refractivity contribution < 1.29 is 4.79 Å². The summed E-state index contributed by atoms with van der Waals surface area (Å²) in [6.07, 6.45) is 0.938. The van der Waals surface area contributed by atoms with Crippen LogP contribution in [0.5, 0.6) is 0 Å². The van der Waals surface area contributed by atoms with Crippen LogP contribution in [0.1, 0.15) is 13.3 Å². The second-order valence-electron chi connectivity index (χ2n) is 3.99. The number of benzene rings is 1. The van der Waals surface area contributed by atoms with E-state index in [1.807, 2.05) is 30.3 Å². The average molecular weight is 272 g/mol. The molecule has 0 aliphatic heterocycles. The molecule has 4 heteroatoms. The van der Waals surface area contributed by atoms with Crippen LogP contribution in [-0.2, 0) is 4.79 Å². The molecule has 0 saturated heterocycles. The number of thioether (sulfide) groups is 1. The first kappa shape index (κ1) is 14.4. The molecule has 0 aliphatic carbocycles. The average Bonchev–Trinajstić information content (AvgIpc) is 2.35. The summed E-state index contributed by atoms with van der Waals surface area (Å²) in [4.78, 5) is 12.7. The van der Waals surface area contributed by atoms with Gasteiger partial charge >= 0.3 is 0 Å². The molecule has 1 aromatic carbocycles. The van der Waals surface area contributed by atoms with Gasteiger partial charge in [0.1, 0.15) is 0 Å². The first-order chi connectivity index (χ1) is 8.22. The van der Waals surface area contributed by atoms with Gasteiger partial charge < -0.3 is 5.32 Å². The van der Waals surface area contributed by atoms with Crippen LogP contribution in [0.4, 0.5) is 0 Å². The molecule has 0 spiro atoms. The van der Waals surface area contributed by atoms with Crippen LogP contribution in [0.15, 0.2) is 35.2 Å². The van der Waals surface area contributed by atoms with Gasteiger partial charge in [0.2, 0.25) is 5.91 Å². The molecule has 0 aromatic heterocycles. The van der Waals surface area contributed by atoms with Crippen molar-refractivity contribution in [3.8, 4) is 0 Å². The number of hydrogen-bond acceptors (Lipinski definition) is 2. The molecule has 1 aromatic rings. The van der Waals surface area contributed by atoms with Gasteiger partial charge in [-0.15, -0.1) is 23.4 Å². The highest BCUT2D eigenvalue weighted by Gasteiger charge is 2.05. The van der Waals surface area contributed by atoms with Crippen molar-refractivity contribution in [2.24, 2.45) is 5.92 Å². The fraction of sp³-hybridized carbons (Fsp3) is 0.462. The Kier molecular flexibility index (Phi) is 7.13. The number of alkyl halides is 1. The van der Waals surface area contributed by atoms with E-state index in [4.69, 9.17) is 11.6 Å². The molecule has 1 N–H and O–H groups in total. The molecule has 94 valence electrons. The van der Waals surface area contributed by atoms with E-state index >= 15 is 0 Å². The van der Waals surface area contributed by atoms with E-state index in [0.717, 1.165) is 11.3 Å². The Labute approximate surface area is 112 Å². The standard InChI is InChI=1S/C13H18ClNOS/c1-11(7-8-14)9-15-13(16)10-17-12-5-3-2-4-6-12/h2-6,11H,7-10H2,1H3,(H,15,16). The maximum Gasteiger partial charge on any atom is 0.230 e. The summed E-state index contributed by atoms with van der Waals surface area (Å²) in [5, 5.41) is 2.92. The van der Waals surface area contributed by atoms with E-state index in [0.29, 0.717) is 24.1 Å². The summed E-state index contributed by atoms with van der Waals surface area (Å²) in [6.45, 7) is 2.80. The van der Waals surface area contributed by atoms with Gasteiger partial charge in [-0.05, 0) is 24.5 Å². The lowest BCUT2D eigenvalue weighted by atomic mass is 10.1. The summed E-state index contributed by atoms with van der Waals surface area (Å²) in [5.41, 5.74) is 0. The van der Waals surface area contributed by atoms with E-state index in [9.17, 15) is 4.79 Å². The fourth-order valence-corrected chi connectivity index (χ4v) is 2.41. The third-order valence-electron chi connectivity index (χ3n) is 2.36. The smallest absolute Gasteiger partial charge is 0.230 e. The largest absolute Gasteiger partial charge is 0.355 e. The van der Waals surface area contributed by atoms with Gasteiger partial charge in [0.05, 0.1) is 5.75 Å². The molecule has 2 nitrogen and oxygen atoms in total. The molecule has 0 aliphatic rings. The molecule has 0 bridgehead atoms. The van der Waals surface area contributed by atoms with Gasteiger partial charge in [0, 0.05) is 17.3 Å². The summed E-state index contributed by atoms with van der Waals surface area (Å²) < 4.78 is 0. The van der Waals surface area contributed by atoms with Crippen LogP contribution in [0.25, 0.3) is 0 Å². The zero-order valence-electron chi connectivity index (χ0n) is 9.99. The molecular weight excluding hydrogens is 254 g/mol. The minimum absolute atomic E-state index is 0.0836. The third kappa shape index (κ3) is 6.59. The van der Waals surface area contributed by atoms with Gasteiger partial charge in [-0.2, -0.15) is 0 Å². The highest BCUT2D eigenvalue weighted by atomic mass is 35.5. The summed E-state index contributed by atoms with van der Waals surface area (Å²) in [6, 6.07) is 9.94. The number of halogens is 1. The monoisotopic (exact) mass is 271 g/mol. The first-order valence-corrected chi connectivity index (χ1v) is 7.25. The Bertz CT molecular complexity index is 331. The van der Waals surface area contributed by atoms with E-state index in [1.165, 1.54) is 0 Å². The zero-order valence-corrected chi connectivity index (χ0v) is 11.6. The van der Waals surface area contributed by atoms with Gasteiger partial charge in [-0.3, -0.25) is 4.79 Å². The number of rotatable bonds is 7. The Morgan fingerprint density at radius 3 is 2.76 bits per heavy atom. The van der Waals surface area contributed by atoms with E-state index in [1.54, 1.807) is 11.8 Å². The molecular formula is C13H18ClNOS. The second kappa shape index (κ2) is 8.43. The number of hydrogen-bond donors (Lipinski definition) is 1. The maximum absolute atomic E-state index is 11.6. The third-order valence-corrected chi connectivity index (χ3v) is 3.59. The Morgan fingerprint density at radius 2 is 2.12 bits per heavy atom. The van der Waals surface area contributed by atoms with Crippen LogP contribution < -0.4 is 5.32 Å². The van der Waals surface area contributed by atoms with Crippen LogP contribution in [0.2, 0.25) is 0 Å². The number of carbonyl (C=O) groups is 1. The first-order valence-electron chi connectivity index (χ1n) is 5.73. The van der Waals surface area contributed by atoms with Gasteiger partial charge in [0.25, 0.3) is 0 Å². The highest BCUT2D eigenvalue weighted by Crippen LogP contribution is 2.16. The summed E-state index contributed by atoms with van der Waals surface area (Å²) >= 11 is 7.19. The molecule has 0 fully saturated rings. The SMILES string of the molecule is CC(CCCl)CNC(=O)CSc1ccccc1. The molecule has 17 heavy (non-hydrogen) atoms. The van der Waals surface area contributed by atoms with E-state index in [-0.39, 0.29) is 5.91 Å². The fourth-order valence-electron chi connectivity index (χ4n) is 1.29. The molecule has 1 amide bonds. The van der Waals surface area contributed by atoms with Crippen molar-refractivity contribution >= 4 is 29.3 Å². The van der Waals surface area contributed by atoms with Crippen molar-refractivity contribution in [3.05, 3.63) is 30.3 Å². The van der Waals surface area contributed by atoms with Gasteiger partial charge in [-0.1, -0.05) is 25.1 Å². The quantitative estimate of drug-likeness (QED) is 0.610. The molecule has 1 unspecified atom stereocenters. The van der Waals surface area contributed by atoms with Crippen LogP contribution in [0, 0.1) is 5.92 Å². The molecule has 0 saturated carbocycles. The molecule has 0 radical (unpaired) electrons. The molecule has 1 atom stereocenters. The van der Waals surface area contributed by atoms with E-state index < -0.39 is 0 Å². The summed E-state index contributed by atoms with van der Waals surface area (Å²) in [7, 11) is 0. The Balaban J connectivity index is 2.17. The van der Waals surface area contributed by atoms with Crippen molar-refractivity contribution in [1.82, 2.24) is 5.32 Å². The van der Waals surface area contributed by atoms with Crippen LogP contribution in [0.3, 0.4) is 0 Å². The second-order valence-corrected chi connectivity index (χ2v) is 5.42. The normalized spacial score (nSPS) is 12.1. The minimum atomic E-state index is 0.0836. The predicted octanol–water partition coefficient (Wildman–Crippen LogP) is 3.16. The lowest BCUT2D eigenvalue weighted by Crippen LogP contribution is -2.29. The highest BCUT2D eigenvalue weighted by molar-refractivity contribution is 8.00. The Hall–Kier alpha value is -0.670. The molecule has 0 heterocycles. The van der Waals surface area contributed by atoms with Crippen molar-refractivity contribution in [3.63, 3.8) is 0 Å². The lowest BCUT2D eigenvalue weighted by molar-refractivity contribution is -0.118. The van der Waals surface area contributed by atoms with Crippen molar-refractivity contribution in [2.45, 2.75) is 18.2 Å². The maximum atomic E-state index is 11.6. The van der Waals surface area contributed by atoms with Crippen molar-refractivity contribution in [2.75, 3.05) is 18.2 Å². The van der Waals surface area contributed by atoms with Crippen LogP contribution >= 0.6 is 23.4 Å². The molecule has 1 rings (SSSR count). The number of amides is 1. The lowest BCUT2D eigenvalue weighted by Gasteiger charge is -2.10. The predicted molar refractivity (Wildman–Crippen MR) is 74.7 cm³/mol. The number of nitrogens with one attached hydrogen (secondary N) is 1. The summed E-state index contributed by atoms with van der Waals surface area (Å²) in [5.74, 6) is 1.64. The van der Waals surface area contributed by atoms with Gasteiger partial charge in [-0.25, -0.2) is 0 Å².